The van der Waals surface area contributed by atoms with Crippen molar-refractivity contribution in [2.75, 3.05) is 13.2 Å². The summed E-state index contributed by atoms with van der Waals surface area (Å²) in [5.74, 6) is -2.51. The summed E-state index contributed by atoms with van der Waals surface area (Å²) in [6, 6.07) is 0. The van der Waals surface area contributed by atoms with Gasteiger partial charge in [-0.1, -0.05) is 55.6 Å². The maximum Gasteiger partial charge on any atom is 0.508 e. The van der Waals surface area contributed by atoms with Crippen LogP contribution in [0.4, 0.5) is 4.79 Å². The average Bonchev–Trinajstić information content (AvgIpc) is 2.75. The van der Waals surface area contributed by atoms with Gasteiger partial charge in [0.2, 0.25) is 3.79 Å². The number of ketones is 1. The van der Waals surface area contributed by atoms with Gasteiger partial charge < -0.3 is 34.6 Å². The smallest absolute Gasteiger partial charge is 0.430 e. The van der Waals surface area contributed by atoms with Gasteiger partial charge in [-0.15, -0.1) is 0 Å². The average molecular weight is 572 g/mol. The Balaban J connectivity index is 1.85. The minimum atomic E-state index is -1.88. The third-order valence-electron chi connectivity index (χ3n) is 9.44. The lowest BCUT2D eigenvalue weighted by Crippen LogP contribution is -2.79. The van der Waals surface area contributed by atoms with Crippen LogP contribution in [0.1, 0.15) is 47.5 Å². The van der Waals surface area contributed by atoms with Crippen LogP contribution in [0.5, 0.6) is 0 Å². The molecule has 4 rings (SSSR count). The molecule has 3 aliphatic carbocycles. The number of aliphatic hydroxyl groups is 4. The summed E-state index contributed by atoms with van der Waals surface area (Å²) in [4.78, 5) is 26.7. The van der Waals surface area contributed by atoms with Crippen molar-refractivity contribution in [2.24, 2.45) is 22.7 Å². The first kappa shape index (κ1) is 28.4. The molecule has 4 aliphatic rings. The van der Waals surface area contributed by atoms with E-state index in [0.29, 0.717) is 5.57 Å². The second-order valence-electron chi connectivity index (χ2n) is 11.5. The maximum absolute atomic E-state index is 14.2. The standard InChI is InChI=1S/C24H33Cl3O9/c1-10-12(28)7-23(33)11(2)17-21(5,18(30)16(29)15(10)20(23,3)4)13(6-14-22(17,32)8-34-14)36-19(31)35-9-24(25,26)27/h11-14,16-17,28-29,32-33H,6-9H2,1-5H3/t11?,12?,13?,14?,16?,17?,21-,22?,23?/m1/s1. The highest BCUT2D eigenvalue weighted by molar-refractivity contribution is 6.67. The highest BCUT2D eigenvalue weighted by atomic mass is 35.6. The number of halogens is 3. The highest BCUT2D eigenvalue weighted by Crippen LogP contribution is 2.64. The second kappa shape index (κ2) is 8.68. The molecular weight excluding hydrogens is 539 g/mol. The lowest BCUT2D eigenvalue weighted by atomic mass is 9.43. The first-order valence-corrected chi connectivity index (χ1v) is 13.0. The fraction of sp³-hybridized carbons (Fsp3) is 0.833. The van der Waals surface area contributed by atoms with Gasteiger partial charge in [-0.05, 0) is 30.9 Å². The van der Waals surface area contributed by atoms with Crippen LogP contribution in [-0.4, -0.2) is 85.0 Å². The predicted molar refractivity (Wildman–Crippen MR) is 130 cm³/mol. The van der Waals surface area contributed by atoms with E-state index < -0.39 is 80.6 Å². The summed E-state index contributed by atoms with van der Waals surface area (Å²) >= 11 is 17.0. The topological polar surface area (TPSA) is 143 Å². The van der Waals surface area contributed by atoms with Crippen molar-refractivity contribution in [1.82, 2.24) is 0 Å². The molecule has 0 aromatic carbocycles. The van der Waals surface area contributed by atoms with Gasteiger partial charge in [-0.2, -0.15) is 0 Å². The van der Waals surface area contributed by atoms with E-state index in [1.807, 2.05) is 0 Å². The number of carbonyl (C=O) groups excluding carboxylic acids is 2. The van der Waals surface area contributed by atoms with Gasteiger partial charge in [0, 0.05) is 24.2 Å². The van der Waals surface area contributed by atoms with Crippen LogP contribution >= 0.6 is 34.8 Å². The number of Topliss-reactive ketones (excluding diaryl/α,β-unsaturated/α-hetero) is 1. The zero-order valence-corrected chi connectivity index (χ0v) is 23.0. The minimum Gasteiger partial charge on any atom is -0.430 e. The summed E-state index contributed by atoms with van der Waals surface area (Å²) in [5.41, 5.74) is -5.35. The van der Waals surface area contributed by atoms with Gasteiger partial charge in [-0.25, -0.2) is 4.79 Å². The summed E-state index contributed by atoms with van der Waals surface area (Å²) < 4.78 is 14.2. The van der Waals surface area contributed by atoms with Crippen LogP contribution in [0, 0.1) is 22.7 Å². The van der Waals surface area contributed by atoms with Crippen molar-refractivity contribution < 1.29 is 44.2 Å². The first-order valence-electron chi connectivity index (χ1n) is 11.9. The minimum absolute atomic E-state index is 0.0555. The van der Waals surface area contributed by atoms with E-state index in [-0.39, 0.29) is 25.0 Å². The van der Waals surface area contributed by atoms with Gasteiger partial charge in [0.1, 0.15) is 24.4 Å². The highest BCUT2D eigenvalue weighted by Gasteiger charge is 2.74. The second-order valence-corrected chi connectivity index (χ2v) is 14.0. The molecule has 0 spiro atoms. The lowest BCUT2D eigenvalue weighted by Gasteiger charge is -2.67. The van der Waals surface area contributed by atoms with E-state index in [1.54, 1.807) is 27.7 Å². The summed E-state index contributed by atoms with van der Waals surface area (Å²) in [6.45, 7) is 7.58. The molecular formula is C24H33Cl3O9. The molecule has 204 valence electrons. The molecule has 9 nitrogen and oxygen atoms in total. The van der Waals surface area contributed by atoms with E-state index in [4.69, 9.17) is 49.0 Å². The number of carbonyl (C=O) groups is 2. The quantitative estimate of drug-likeness (QED) is 0.223. The number of alkyl halides is 3. The molecule has 9 atom stereocenters. The van der Waals surface area contributed by atoms with E-state index >= 15 is 0 Å². The number of hydrogen-bond acceptors (Lipinski definition) is 9. The van der Waals surface area contributed by atoms with E-state index in [9.17, 15) is 30.0 Å². The van der Waals surface area contributed by atoms with Gasteiger partial charge in [-0.3, -0.25) is 4.79 Å². The van der Waals surface area contributed by atoms with Gasteiger partial charge in [0.05, 0.1) is 29.8 Å². The fourth-order valence-corrected chi connectivity index (χ4v) is 7.60. The molecule has 12 heteroatoms. The van der Waals surface area contributed by atoms with Crippen molar-refractivity contribution in [2.45, 2.75) is 86.9 Å². The lowest BCUT2D eigenvalue weighted by molar-refractivity contribution is -0.336. The van der Waals surface area contributed by atoms with Crippen LogP contribution in [0.2, 0.25) is 0 Å². The monoisotopic (exact) mass is 570 g/mol. The Hall–Kier alpha value is -0.650. The van der Waals surface area contributed by atoms with Gasteiger partial charge >= 0.3 is 6.16 Å². The number of rotatable bonds is 2. The van der Waals surface area contributed by atoms with Crippen LogP contribution < -0.4 is 0 Å². The molecule has 1 heterocycles. The van der Waals surface area contributed by atoms with Crippen LogP contribution in [0.25, 0.3) is 0 Å². The first-order chi connectivity index (χ1) is 16.3. The predicted octanol–water partition coefficient (Wildman–Crippen LogP) is 2.45. The van der Waals surface area contributed by atoms with E-state index in [1.165, 1.54) is 6.92 Å². The van der Waals surface area contributed by atoms with Crippen LogP contribution in [0.15, 0.2) is 11.1 Å². The van der Waals surface area contributed by atoms with Crippen molar-refractivity contribution in [3.05, 3.63) is 11.1 Å². The zero-order valence-electron chi connectivity index (χ0n) is 20.8. The zero-order chi connectivity index (χ0) is 27.2. The number of hydrogen-bond donors (Lipinski definition) is 4. The Morgan fingerprint density at radius 2 is 1.81 bits per heavy atom. The molecule has 2 bridgehead atoms. The van der Waals surface area contributed by atoms with Crippen molar-refractivity contribution in [3.63, 3.8) is 0 Å². The molecule has 0 amide bonds. The Morgan fingerprint density at radius 3 is 2.33 bits per heavy atom. The summed E-state index contributed by atoms with van der Waals surface area (Å²) in [6.07, 6.45) is -6.14. The Kier molecular flexibility index (Phi) is 6.84. The molecule has 3 fully saturated rings. The third kappa shape index (κ3) is 3.84. The normalized spacial score (nSPS) is 46.1. The molecule has 0 aromatic rings. The Bertz CT molecular complexity index is 994. The maximum atomic E-state index is 14.2. The van der Waals surface area contributed by atoms with Gasteiger partial charge in [0.15, 0.2) is 5.78 Å². The number of ether oxygens (including phenoxy) is 3. The Labute approximate surface area is 224 Å². The number of aliphatic hydroxyl groups excluding tert-OH is 2. The van der Waals surface area contributed by atoms with Crippen LogP contribution in [-0.2, 0) is 19.0 Å². The van der Waals surface area contributed by atoms with Crippen LogP contribution in [0.3, 0.4) is 0 Å². The Morgan fingerprint density at radius 1 is 1.19 bits per heavy atom. The van der Waals surface area contributed by atoms with Crippen molar-refractivity contribution in [3.8, 4) is 0 Å². The number of fused-ring (bicyclic) bond motifs is 5. The molecule has 4 N–H and O–H groups in total. The SMILES string of the molecule is CC1=C2C(O)C(=O)[C@]3(C)C(OC(=O)OCC(Cl)(Cl)Cl)CC4OCC4(O)C3C(C)C(O)(CC1O)C2(C)C. The molecule has 36 heavy (non-hydrogen) atoms. The third-order valence-corrected chi connectivity index (χ3v) is 9.77. The fourth-order valence-electron chi connectivity index (χ4n) is 7.44. The van der Waals surface area contributed by atoms with Crippen molar-refractivity contribution >= 4 is 46.7 Å². The largest absolute Gasteiger partial charge is 0.508 e. The molecule has 8 unspecified atom stereocenters. The molecule has 0 radical (unpaired) electrons. The molecule has 0 aromatic heterocycles. The summed E-state index contributed by atoms with van der Waals surface area (Å²) in [7, 11) is 0. The van der Waals surface area contributed by atoms with E-state index in [0.717, 1.165) is 0 Å². The van der Waals surface area contributed by atoms with Gasteiger partial charge in [0.25, 0.3) is 0 Å². The van der Waals surface area contributed by atoms with E-state index in [2.05, 4.69) is 0 Å². The molecule has 1 aliphatic heterocycles. The summed E-state index contributed by atoms with van der Waals surface area (Å²) in [5, 5.41) is 46.3. The van der Waals surface area contributed by atoms with Crippen molar-refractivity contribution in [1.29, 1.82) is 0 Å². The molecule has 1 saturated heterocycles. The molecule has 2 saturated carbocycles.